The molecule has 20 heavy (non-hydrogen) atoms. The molecule has 1 aromatic heterocycles. The zero-order chi connectivity index (χ0) is 14.7. The number of aromatic amines is 1. The molecular weight excluding hydrogens is 254 g/mol. The van der Waals surface area contributed by atoms with E-state index in [1.54, 1.807) is 24.3 Å². The maximum atomic E-state index is 12.2. The number of anilines is 1. The summed E-state index contributed by atoms with van der Waals surface area (Å²) in [5, 5.41) is 9.75. The number of benzene rings is 1. The van der Waals surface area contributed by atoms with E-state index in [-0.39, 0.29) is 12.0 Å². The van der Waals surface area contributed by atoms with E-state index in [2.05, 4.69) is 15.5 Å². The van der Waals surface area contributed by atoms with Gasteiger partial charge < -0.3 is 10.1 Å². The Hall–Kier alpha value is -2.30. The molecule has 0 atom stereocenters. The number of amides is 1. The molecule has 2 aromatic rings. The number of nitrogens with one attached hydrogen (secondary N) is 2. The van der Waals surface area contributed by atoms with E-state index in [0.29, 0.717) is 5.56 Å². The molecule has 5 heteroatoms. The highest BCUT2D eigenvalue weighted by Crippen LogP contribution is 2.19. The first kappa shape index (κ1) is 14.1. The number of aryl methyl sites for hydroxylation is 2. The molecule has 0 aliphatic heterocycles. The van der Waals surface area contributed by atoms with Crippen LogP contribution in [0.4, 0.5) is 5.69 Å². The Morgan fingerprint density at radius 2 is 1.90 bits per heavy atom. The lowest BCUT2D eigenvalue weighted by atomic mass is 10.2. The Morgan fingerprint density at radius 3 is 2.40 bits per heavy atom. The highest BCUT2D eigenvalue weighted by molar-refractivity contribution is 6.04. The van der Waals surface area contributed by atoms with Gasteiger partial charge in [0.1, 0.15) is 5.75 Å². The second-order valence-corrected chi connectivity index (χ2v) is 4.95. The molecule has 0 aliphatic carbocycles. The Balaban J connectivity index is 2.10. The highest BCUT2D eigenvalue weighted by atomic mass is 16.5. The van der Waals surface area contributed by atoms with Crippen molar-refractivity contribution in [1.29, 1.82) is 0 Å². The third-order valence-electron chi connectivity index (χ3n) is 2.85. The zero-order valence-corrected chi connectivity index (χ0v) is 12.2. The van der Waals surface area contributed by atoms with Crippen LogP contribution < -0.4 is 10.1 Å². The van der Waals surface area contributed by atoms with Crippen LogP contribution in [-0.2, 0) is 0 Å². The Kier molecular flexibility index (Phi) is 4.08. The number of hydrogen-bond acceptors (Lipinski definition) is 3. The van der Waals surface area contributed by atoms with Crippen molar-refractivity contribution in [2.45, 2.75) is 33.8 Å². The molecule has 0 aliphatic rings. The van der Waals surface area contributed by atoms with Gasteiger partial charge in [-0.05, 0) is 52.0 Å². The van der Waals surface area contributed by atoms with E-state index in [9.17, 15) is 4.79 Å². The fourth-order valence-electron chi connectivity index (χ4n) is 1.88. The lowest BCUT2D eigenvalue weighted by Crippen LogP contribution is -2.13. The van der Waals surface area contributed by atoms with Crippen LogP contribution >= 0.6 is 0 Å². The summed E-state index contributed by atoms with van der Waals surface area (Å²) in [7, 11) is 0. The van der Waals surface area contributed by atoms with Crippen molar-refractivity contribution >= 4 is 11.6 Å². The Bertz CT molecular complexity index is 581. The topological polar surface area (TPSA) is 67.0 Å². The van der Waals surface area contributed by atoms with Crippen LogP contribution in [0.1, 0.15) is 35.6 Å². The molecule has 0 unspecified atom stereocenters. The lowest BCUT2D eigenvalue weighted by molar-refractivity contribution is 0.102. The molecular formula is C15H19N3O2. The Labute approximate surface area is 118 Å². The Morgan fingerprint density at radius 1 is 1.25 bits per heavy atom. The molecule has 0 radical (unpaired) electrons. The molecule has 0 saturated heterocycles. The molecule has 1 heterocycles. The van der Waals surface area contributed by atoms with Crippen molar-refractivity contribution < 1.29 is 9.53 Å². The number of rotatable bonds is 4. The third-order valence-corrected chi connectivity index (χ3v) is 2.85. The van der Waals surface area contributed by atoms with Gasteiger partial charge in [0.05, 0.1) is 23.2 Å². The van der Waals surface area contributed by atoms with Crippen LogP contribution in [0.25, 0.3) is 0 Å². The number of nitrogens with zero attached hydrogens (tertiary/aromatic N) is 1. The van der Waals surface area contributed by atoms with Gasteiger partial charge in [0, 0.05) is 5.56 Å². The molecule has 0 spiro atoms. The normalized spacial score (nSPS) is 10.7. The van der Waals surface area contributed by atoms with Crippen molar-refractivity contribution in [3.63, 3.8) is 0 Å². The summed E-state index contributed by atoms with van der Waals surface area (Å²) >= 11 is 0. The summed E-state index contributed by atoms with van der Waals surface area (Å²) < 4.78 is 5.55. The number of carbonyl (C=O) groups excluding carboxylic acids is 1. The fraction of sp³-hybridized carbons (Fsp3) is 0.333. The molecule has 5 nitrogen and oxygen atoms in total. The van der Waals surface area contributed by atoms with Gasteiger partial charge in [-0.3, -0.25) is 9.89 Å². The van der Waals surface area contributed by atoms with Crippen molar-refractivity contribution in [3.05, 3.63) is 41.2 Å². The monoisotopic (exact) mass is 273 g/mol. The van der Waals surface area contributed by atoms with Crippen LogP contribution in [0.2, 0.25) is 0 Å². The third kappa shape index (κ3) is 3.17. The van der Waals surface area contributed by atoms with E-state index < -0.39 is 0 Å². The summed E-state index contributed by atoms with van der Waals surface area (Å²) in [6, 6.07) is 7.09. The summed E-state index contributed by atoms with van der Waals surface area (Å²) in [5.41, 5.74) is 2.94. The van der Waals surface area contributed by atoms with Crippen molar-refractivity contribution in [2.75, 3.05) is 5.32 Å². The average molecular weight is 273 g/mol. The van der Waals surface area contributed by atoms with Gasteiger partial charge in [-0.15, -0.1) is 0 Å². The minimum atomic E-state index is -0.159. The first-order chi connectivity index (χ1) is 9.47. The second-order valence-electron chi connectivity index (χ2n) is 4.95. The fourth-order valence-corrected chi connectivity index (χ4v) is 1.88. The van der Waals surface area contributed by atoms with E-state index >= 15 is 0 Å². The zero-order valence-electron chi connectivity index (χ0n) is 12.2. The predicted octanol–water partition coefficient (Wildman–Crippen LogP) is 3.07. The molecule has 0 saturated carbocycles. The van der Waals surface area contributed by atoms with E-state index in [1.807, 2.05) is 27.7 Å². The van der Waals surface area contributed by atoms with Gasteiger partial charge in [-0.2, -0.15) is 5.10 Å². The van der Waals surface area contributed by atoms with E-state index in [0.717, 1.165) is 22.8 Å². The molecule has 1 aromatic carbocycles. The number of aromatic nitrogens is 2. The number of ether oxygens (including phenoxy) is 1. The van der Waals surface area contributed by atoms with Crippen molar-refractivity contribution in [2.24, 2.45) is 0 Å². The van der Waals surface area contributed by atoms with Gasteiger partial charge in [-0.1, -0.05) is 0 Å². The molecule has 1 amide bonds. The molecule has 2 N–H and O–H groups in total. The molecule has 0 fully saturated rings. The largest absolute Gasteiger partial charge is 0.491 e. The average Bonchev–Trinajstić information content (AvgIpc) is 2.70. The van der Waals surface area contributed by atoms with Gasteiger partial charge in [0.25, 0.3) is 5.91 Å². The van der Waals surface area contributed by atoms with Crippen LogP contribution in [-0.4, -0.2) is 22.2 Å². The van der Waals surface area contributed by atoms with Crippen LogP contribution in [0.5, 0.6) is 5.75 Å². The minimum Gasteiger partial charge on any atom is -0.491 e. The van der Waals surface area contributed by atoms with Gasteiger partial charge >= 0.3 is 0 Å². The minimum absolute atomic E-state index is 0.117. The predicted molar refractivity (Wildman–Crippen MR) is 78.2 cm³/mol. The molecule has 2 rings (SSSR count). The smallest absolute Gasteiger partial charge is 0.255 e. The van der Waals surface area contributed by atoms with Crippen LogP contribution in [0, 0.1) is 13.8 Å². The maximum Gasteiger partial charge on any atom is 0.255 e. The number of H-pyrrole nitrogens is 1. The van der Waals surface area contributed by atoms with E-state index in [1.165, 1.54) is 0 Å². The van der Waals surface area contributed by atoms with Crippen LogP contribution in [0.3, 0.4) is 0 Å². The summed E-state index contributed by atoms with van der Waals surface area (Å²) in [4.78, 5) is 12.2. The molecule has 0 bridgehead atoms. The number of carbonyl (C=O) groups is 1. The highest BCUT2D eigenvalue weighted by Gasteiger charge is 2.12. The summed E-state index contributed by atoms with van der Waals surface area (Å²) in [6.07, 6.45) is 0.117. The second kappa shape index (κ2) is 5.77. The van der Waals surface area contributed by atoms with E-state index in [4.69, 9.17) is 4.74 Å². The van der Waals surface area contributed by atoms with Crippen molar-refractivity contribution in [1.82, 2.24) is 10.2 Å². The van der Waals surface area contributed by atoms with Gasteiger partial charge in [0.15, 0.2) is 0 Å². The summed E-state index contributed by atoms with van der Waals surface area (Å²) in [6.45, 7) is 7.64. The SMILES string of the molecule is Cc1n[nH]c(C)c1NC(=O)c1ccc(OC(C)C)cc1. The first-order valence-electron chi connectivity index (χ1n) is 6.57. The standard InChI is InChI=1S/C15H19N3O2/c1-9(2)20-13-7-5-12(6-8-13)15(19)16-14-10(3)17-18-11(14)4/h5-9H,1-4H3,(H,16,19)(H,17,18). The van der Waals surface area contributed by atoms with Gasteiger partial charge in [0.2, 0.25) is 0 Å². The maximum absolute atomic E-state index is 12.2. The first-order valence-corrected chi connectivity index (χ1v) is 6.57. The van der Waals surface area contributed by atoms with Crippen molar-refractivity contribution in [3.8, 4) is 5.75 Å². The molecule has 106 valence electrons. The van der Waals surface area contributed by atoms with Crippen LogP contribution in [0.15, 0.2) is 24.3 Å². The quantitative estimate of drug-likeness (QED) is 0.899. The number of hydrogen-bond donors (Lipinski definition) is 2. The van der Waals surface area contributed by atoms with Gasteiger partial charge in [-0.25, -0.2) is 0 Å². The summed E-state index contributed by atoms with van der Waals surface area (Å²) in [5.74, 6) is 0.598. The lowest BCUT2D eigenvalue weighted by Gasteiger charge is -2.10.